The molecule has 0 aliphatic heterocycles. The first-order chi connectivity index (χ1) is 8.61. The maximum atomic E-state index is 11.9. The largest absolute Gasteiger partial charge is 0.711 e. The van der Waals surface area contributed by atoms with E-state index in [0.29, 0.717) is 17.9 Å². The van der Waals surface area contributed by atoms with Crippen LogP contribution in [0.4, 0.5) is 0 Å². The third kappa shape index (κ3) is 2.42. The summed E-state index contributed by atoms with van der Waals surface area (Å²) in [5.41, 5.74) is 2.47. The summed E-state index contributed by atoms with van der Waals surface area (Å²) in [7, 11) is 1.62. The molecule has 0 saturated carbocycles. The molecular weight excluding hydrogens is 228 g/mol. The second-order valence-corrected chi connectivity index (χ2v) is 4.24. The van der Waals surface area contributed by atoms with Gasteiger partial charge in [-0.2, -0.15) is 0 Å². The number of methoxy groups -OCH3 is 1. The van der Waals surface area contributed by atoms with Crippen molar-refractivity contribution < 1.29 is 9.47 Å². The second-order valence-electron chi connectivity index (χ2n) is 4.24. The topological polar surface area (TPSA) is 49.1 Å². The first-order valence-corrected chi connectivity index (χ1v) is 5.80. The molecule has 4 heteroatoms. The molecule has 1 aromatic heterocycles. The van der Waals surface area contributed by atoms with Crippen LogP contribution in [0.5, 0.6) is 5.75 Å². The summed E-state index contributed by atoms with van der Waals surface area (Å²) in [6.07, 6.45) is 0.468. The lowest BCUT2D eigenvalue weighted by Gasteiger charge is -2.11. The molecular formula is C14H16N2O2. The van der Waals surface area contributed by atoms with Crippen molar-refractivity contribution in [2.45, 2.75) is 20.3 Å². The molecule has 0 unspecified atom stereocenters. The van der Waals surface area contributed by atoms with E-state index in [1.165, 1.54) is 0 Å². The molecule has 0 N–H and O–H groups in total. The molecule has 1 heterocycles. The van der Waals surface area contributed by atoms with Crippen LogP contribution in [0.3, 0.4) is 0 Å². The molecule has 18 heavy (non-hydrogen) atoms. The zero-order valence-corrected chi connectivity index (χ0v) is 10.8. The number of ether oxygens (including phenoxy) is 1. The molecule has 0 spiro atoms. The van der Waals surface area contributed by atoms with Gasteiger partial charge in [-0.25, -0.2) is 4.73 Å². The number of hydrogen-bond donors (Lipinski definition) is 0. The van der Waals surface area contributed by atoms with Gasteiger partial charge in [-0.3, -0.25) is 0 Å². The lowest BCUT2D eigenvalue weighted by molar-refractivity contribution is -0.624. The van der Waals surface area contributed by atoms with Crippen LogP contribution < -0.4 is 9.47 Å². The molecule has 2 rings (SSSR count). The van der Waals surface area contributed by atoms with Crippen LogP contribution in [0.2, 0.25) is 0 Å². The van der Waals surface area contributed by atoms with Gasteiger partial charge in [0, 0.05) is 18.6 Å². The maximum absolute atomic E-state index is 11.9. The molecule has 0 aliphatic rings. The number of nitrogens with zero attached hydrogens (tertiary/aromatic N) is 2. The minimum absolute atomic E-state index is 0.468. The van der Waals surface area contributed by atoms with Crippen LogP contribution in [-0.4, -0.2) is 12.1 Å². The number of aryl methyl sites for hydroxylation is 2. The molecule has 0 aliphatic carbocycles. The summed E-state index contributed by atoms with van der Waals surface area (Å²) >= 11 is 0. The molecule has 0 radical (unpaired) electrons. The Hall–Kier alpha value is -2.10. The standard InChI is InChI=1S/C14H16N2O2/c1-10-8-11(2)16(17)14(15-10)9-12-6-4-5-7-13(12)18-3/h4-8H,9H2,1-3H3. The van der Waals surface area contributed by atoms with Crippen LogP contribution in [0, 0.1) is 19.1 Å². The number of para-hydroxylation sites is 1. The fourth-order valence-corrected chi connectivity index (χ4v) is 1.98. The monoisotopic (exact) mass is 244 g/mol. The van der Waals surface area contributed by atoms with Crippen LogP contribution in [-0.2, 0) is 6.42 Å². The van der Waals surface area contributed by atoms with E-state index in [1.807, 2.05) is 31.2 Å². The van der Waals surface area contributed by atoms with Crippen molar-refractivity contribution in [3.05, 3.63) is 58.3 Å². The summed E-state index contributed by atoms with van der Waals surface area (Å²) in [5.74, 6) is 1.27. The summed E-state index contributed by atoms with van der Waals surface area (Å²) in [6.45, 7) is 3.67. The zero-order valence-electron chi connectivity index (χ0n) is 10.8. The Labute approximate surface area is 106 Å². The smallest absolute Gasteiger partial charge is 0.306 e. The van der Waals surface area contributed by atoms with E-state index in [4.69, 9.17) is 4.74 Å². The Morgan fingerprint density at radius 3 is 2.72 bits per heavy atom. The number of rotatable bonds is 3. The van der Waals surface area contributed by atoms with Crippen molar-refractivity contribution in [3.8, 4) is 5.75 Å². The lowest BCUT2D eigenvalue weighted by atomic mass is 10.1. The van der Waals surface area contributed by atoms with Crippen molar-refractivity contribution in [1.82, 2.24) is 4.98 Å². The van der Waals surface area contributed by atoms with E-state index in [2.05, 4.69) is 4.98 Å². The number of hydrogen-bond acceptors (Lipinski definition) is 3. The van der Waals surface area contributed by atoms with E-state index in [-0.39, 0.29) is 0 Å². The van der Waals surface area contributed by atoms with Crippen LogP contribution in [0.1, 0.15) is 22.8 Å². The fraction of sp³-hybridized carbons (Fsp3) is 0.286. The number of aromatic nitrogens is 2. The second kappa shape index (κ2) is 5.04. The Morgan fingerprint density at radius 2 is 2.00 bits per heavy atom. The van der Waals surface area contributed by atoms with Gasteiger partial charge in [0.15, 0.2) is 5.69 Å². The molecule has 2 aromatic rings. The highest BCUT2D eigenvalue weighted by Crippen LogP contribution is 2.19. The van der Waals surface area contributed by atoms with Crippen molar-refractivity contribution >= 4 is 0 Å². The summed E-state index contributed by atoms with van der Waals surface area (Å²) < 4.78 is 6.15. The van der Waals surface area contributed by atoms with Gasteiger partial charge in [-0.05, 0) is 13.0 Å². The Balaban J connectivity index is 2.40. The first-order valence-electron chi connectivity index (χ1n) is 5.80. The summed E-state index contributed by atoms with van der Waals surface area (Å²) in [4.78, 5) is 4.30. The normalized spacial score (nSPS) is 10.4. The van der Waals surface area contributed by atoms with Gasteiger partial charge in [-0.15, -0.1) is 0 Å². The Kier molecular flexibility index (Phi) is 3.46. The lowest BCUT2D eigenvalue weighted by Crippen LogP contribution is -2.37. The average molecular weight is 244 g/mol. The highest BCUT2D eigenvalue weighted by atomic mass is 16.5. The molecule has 1 aromatic carbocycles. The van der Waals surface area contributed by atoms with Crippen LogP contribution in [0.25, 0.3) is 0 Å². The predicted octanol–water partition coefficient (Wildman–Crippen LogP) is 1.93. The Morgan fingerprint density at radius 1 is 1.28 bits per heavy atom. The third-order valence-corrected chi connectivity index (χ3v) is 2.82. The van der Waals surface area contributed by atoms with E-state index >= 15 is 0 Å². The van der Waals surface area contributed by atoms with Crippen molar-refractivity contribution in [2.24, 2.45) is 0 Å². The predicted molar refractivity (Wildman–Crippen MR) is 68.5 cm³/mol. The number of benzene rings is 1. The van der Waals surface area contributed by atoms with E-state index in [9.17, 15) is 5.21 Å². The Bertz CT molecular complexity index is 568. The van der Waals surface area contributed by atoms with Gasteiger partial charge < -0.3 is 9.94 Å². The molecule has 0 fully saturated rings. The summed E-state index contributed by atoms with van der Waals surface area (Å²) in [5, 5.41) is 11.9. The van der Waals surface area contributed by atoms with Gasteiger partial charge in [0.1, 0.15) is 11.4 Å². The third-order valence-electron chi connectivity index (χ3n) is 2.82. The van der Waals surface area contributed by atoms with Gasteiger partial charge in [0.2, 0.25) is 0 Å². The van der Waals surface area contributed by atoms with Crippen molar-refractivity contribution in [3.63, 3.8) is 0 Å². The molecule has 4 nitrogen and oxygen atoms in total. The van der Waals surface area contributed by atoms with Gasteiger partial charge in [0.05, 0.1) is 13.5 Å². The summed E-state index contributed by atoms with van der Waals surface area (Å²) in [6, 6.07) is 9.43. The van der Waals surface area contributed by atoms with Gasteiger partial charge in [-0.1, -0.05) is 23.2 Å². The van der Waals surface area contributed by atoms with E-state index < -0.39 is 0 Å². The molecule has 94 valence electrons. The maximum Gasteiger partial charge on any atom is 0.306 e. The van der Waals surface area contributed by atoms with Crippen LogP contribution in [0.15, 0.2) is 30.3 Å². The minimum Gasteiger partial charge on any atom is -0.711 e. The van der Waals surface area contributed by atoms with Crippen LogP contribution >= 0.6 is 0 Å². The fourth-order valence-electron chi connectivity index (χ4n) is 1.98. The van der Waals surface area contributed by atoms with E-state index in [0.717, 1.165) is 21.7 Å². The minimum atomic E-state index is 0.468. The van der Waals surface area contributed by atoms with E-state index in [1.54, 1.807) is 20.1 Å². The highest BCUT2D eigenvalue weighted by Gasteiger charge is 2.14. The van der Waals surface area contributed by atoms with Gasteiger partial charge in [0.25, 0.3) is 0 Å². The van der Waals surface area contributed by atoms with Crippen molar-refractivity contribution in [1.29, 1.82) is 0 Å². The average Bonchev–Trinajstić information content (AvgIpc) is 2.36. The molecule has 0 saturated heterocycles. The SMILES string of the molecule is COc1ccccc1Cc1nc(C)cc(C)[n+]1[O-]. The quantitative estimate of drug-likeness (QED) is 0.612. The zero-order chi connectivity index (χ0) is 13.1. The highest BCUT2D eigenvalue weighted by molar-refractivity contribution is 5.34. The molecule has 0 atom stereocenters. The molecule has 0 bridgehead atoms. The molecule has 0 amide bonds. The first kappa shape index (κ1) is 12.4. The van der Waals surface area contributed by atoms with Gasteiger partial charge >= 0.3 is 5.82 Å². The van der Waals surface area contributed by atoms with Crippen molar-refractivity contribution in [2.75, 3.05) is 7.11 Å².